The molecule has 0 aliphatic carbocycles. The number of nitriles is 1. The highest BCUT2D eigenvalue weighted by Gasteiger charge is 2.33. The van der Waals surface area contributed by atoms with Crippen LogP contribution < -0.4 is 10.2 Å². The number of nitrogens with zero attached hydrogens (tertiary/aromatic N) is 2. The van der Waals surface area contributed by atoms with E-state index in [0.29, 0.717) is 24.5 Å². The summed E-state index contributed by atoms with van der Waals surface area (Å²) >= 11 is 3.47. The zero-order valence-electron chi connectivity index (χ0n) is 15.9. The molecule has 1 amide bonds. The van der Waals surface area contributed by atoms with Gasteiger partial charge in [0, 0.05) is 5.56 Å². The van der Waals surface area contributed by atoms with Crippen molar-refractivity contribution in [2.45, 2.75) is 25.7 Å². The zero-order valence-corrected chi connectivity index (χ0v) is 17.4. The molecule has 1 aliphatic rings. The van der Waals surface area contributed by atoms with Crippen LogP contribution in [-0.2, 0) is 20.9 Å². The van der Waals surface area contributed by atoms with Crippen LogP contribution >= 0.6 is 15.9 Å². The minimum atomic E-state index is -0.883. The summed E-state index contributed by atoms with van der Waals surface area (Å²) in [6, 6.07) is 14.9. The molecule has 0 saturated carbocycles. The van der Waals surface area contributed by atoms with Crippen molar-refractivity contribution >= 4 is 28.1 Å². The van der Waals surface area contributed by atoms with E-state index >= 15 is 0 Å². The Kier molecular flexibility index (Phi) is 6.99. The Morgan fingerprint density at radius 3 is 2.83 bits per heavy atom. The van der Waals surface area contributed by atoms with Crippen molar-refractivity contribution in [1.29, 1.82) is 5.26 Å². The highest BCUT2D eigenvalue weighted by molar-refractivity contribution is 9.10. The number of nitrogens with one attached hydrogen (secondary N) is 1. The first-order valence-electron chi connectivity index (χ1n) is 8.99. The molecule has 0 atom stereocenters. The maximum atomic E-state index is 12.0. The summed E-state index contributed by atoms with van der Waals surface area (Å²) in [4.78, 5) is 12.0. The number of hydrazone groups is 1. The number of carbonyl (C=O) groups excluding carboxylic acids is 1. The fourth-order valence-electron chi connectivity index (χ4n) is 2.79. The third-order valence-electron chi connectivity index (χ3n) is 4.26. The van der Waals surface area contributed by atoms with Crippen LogP contribution in [0.5, 0.6) is 5.75 Å². The molecule has 0 spiro atoms. The number of carbonyl (C=O) groups is 1. The van der Waals surface area contributed by atoms with Gasteiger partial charge in [0.25, 0.3) is 0 Å². The van der Waals surface area contributed by atoms with E-state index in [2.05, 4.69) is 32.5 Å². The maximum Gasteiger partial charge on any atom is 0.245 e. The van der Waals surface area contributed by atoms with Crippen LogP contribution in [0.2, 0.25) is 0 Å². The topological polar surface area (TPSA) is 92.9 Å². The van der Waals surface area contributed by atoms with Gasteiger partial charge in [0.2, 0.25) is 5.91 Å². The van der Waals surface area contributed by atoms with Crippen LogP contribution in [-0.4, -0.2) is 31.1 Å². The molecule has 29 heavy (non-hydrogen) atoms. The third-order valence-corrected chi connectivity index (χ3v) is 4.88. The standard InChI is InChI=1S/C21H20BrN3O4/c1-21(28-8-9-29-21)11-20(26)25-24-13-15-6-7-19(18(22)10-15)27-14-17-5-3-2-4-16(17)12-23/h2-7,10,13H,8-9,11,14H2,1H3,(H,25,26)/b24-13+. The predicted molar refractivity (Wildman–Crippen MR) is 110 cm³/mol. The van der Waals surface area contributed by atoms with Gasteiger partial charge in [-0.3, -0.25) is 4.79 Å². The number of halogens is 1. The van der Waals surface area contributed by atoms with Gasteiger partial charge in [-0.1, -0.05) is 18.2 Å². The minimum absolute atomic E-state index is 0.0744. The van der Waals surface area contributed by atoms with Crippen LogP contribution in [0.25, 0.3) is 0 Å². The minimum Gasteiger partial charge on any atom is -0.488 e. The van der Waals surface area contributed by atoms with E-state index in [1.807, 2.05) is 30.3 Å². The van der Waals surface area contributed by atoms with Crippen molar-refractivity contribution in [3.05, 3.63) is 63.6 Å². The lowest BCUT2D eigenvalue weighted by atomic mass is 10.1. The fourth-order valence-corrected chi connectivity index (χ4v) is 3.30. The molecule has 1 heterocycles. The SMILES string of the molecule is CC1(CC(=O)N/N=C/c2ccc(OCc3ccccc3C#N)c(Br)c2)OCCO1. The second-order valence-corrected chi connectivity index (χ2v) is 7.40. The molecule has 8 heteroatoms. The van der Waals surface area contributed by atoms with Gasteiger partial charge in [-0.15, -0.1) is 0 Å². The molecule has 3 rings (SSSR count). The lowest BCUT2D eigenvalue weighted by molar-refractivity contribution is -0.159. The number of hydrogen-bond acceptors (Lipinski definition) is 6. The summed E-state index contributed by atoms with van der Waals surface area (Å²) in [5.41, 5.74) is 4.66. The smallest absolute Gasteiger partial charge is 0.245 e. The molecule has 1 N–H and O–H groups in total. The highest BCUT2D eigenvalue weighted by atomic mass is 79.9. The third kappa shape index (κ3) is 5.87. The van der Waals surface area contributed by atoms with E-state index < -0.39 is 5.79 Å². The first kappa shape index (κ1) is 21.0. The number of benzene rings is 2. The van der Waals surface area contributed by atoms with Gasteiger partial charge in [0.1, 0.15) is 12.4 Å². The summed E-state index contributed by atoms with van der Waals surface area (Å²) in [5.74, 6) is -0.533. The van der Waals surface area contributed by atoms with E-state index in [1.54, 1.807) is 19.1 Å². The molecule has 7 nitrogen and oxygen atoms in total. The monoisotopic (exact) mass is 457 g/mol. The van der Waals surface area contributed by atoms with Crippen molar-refractivity contribution in [1.82, 2.24) is 5.43 Å². The molecule has 1 saturated heterocycles. The number of ether oxygens (including phenoxy) is 3. The van der Waals surface area contributed by atoms with Gasteiger partial charge >= 0.3 is 0 Å². The maximum absolute atomic E-state index is 12.0. The van der Waals surface area contributed by atoms with Crippen molar-refractivity contribution in [2.24, 2.45) is 5.10 Å². The van der Waals surface area contributed by atoms with Gasteiger partial charge in [-0.25, -0.2) is 5.43 Å². The molecule has 150 valence electrons. The van der Waals surface area contributed by atoms with Crippen LogP contribution in [0, 0.1) is 11.3 Å². The molecule has 0 aromatic heterocycles. The Morgan fingerprint density at radius 2 is 2.10 bits per heavy atom. The Morgan fingerprint density at radius 1 is 1.34 bits per heavy atom. The largest absolute Gasteiger partial charge is 0.488 e. The molecule has 1 fully saturated rings. The second-order valence-electron chi connectivity index (χ2n) is 6.55. The predicted octanol–water partition coefficient (Wildman–Crippen LogP) is 3.50. The molecule has 2 aromatic rings. The fraction of sp³-hybridized carbons (Fsp3) is 0.286. The van der Waals surface area contributed by atoms with E-state index in [-0.39, 0.29) is 18.9 Å². The van der Waals surface area contributed by atoms with Crippen LogP contribution in [0.4, 0.5) is 0 Å². The number of amides is 1. The van der Waals surface area contributed by atoms with Crippen LogP contribution in [0.1, 0.15) is 30.0 Å². The van der Waals surface area contributed by atoms with Crippen molar-refractivity contribution in [3.63, 3.8) is 0 Å². The van der Waals surface area contributed by atoms with Crippen LogP contribution in [0.15, 0.2) is 52.0 Å². The highest BCUT2D eigenvalue weighted by Crippen LogP contribution is 2.27. The zero-order chi connectivity index (χ0) is 20.7. The van der Waals surface area contributed by atoms with E-state index in [0.717, 1.165) is 15.6 Å². The van der Waals surface area contributed by atoms with E-state index in [4.69, 9.17) is 19.5 Å². The summed E-state index contributed by atoms with van der Waals surface area (Å²) in [6.07, 6.45) is 1.61. The Balaban J connectivity index is 1.54. The lowest BCUT2D eigenvalue weighted by Crippen LogP contribution is -2.33. The molecular weight excluding hydrogens is 438 g/mol. The average molecular weight is 458 g/mol. The van der Waals surface area contributed by atoms with Gasteiger partial charge < -0.3 is 14.2 Å². The molecular formula is C21H20BrN3O4. The summed E-state index contributed by atoms with van der Waals surface area (Å²) in [7, 11) is 0. The van der Waals surface area contributed by atoms with Crippen molar-refractivity contribution in [3.8, 4) is 11.8 Å². The van der Waals surface area contributed by atoms with E-state index in [9.17, 15) is 4.79 Å². The van der Waals surface area contributed by atoms with Crippen molar-refractivity contribution < 1.29 is 19.0 Å². The molecule has 1 aliphatic heterocycles. The molecule has 0 radical (unpaired) electrons. The first-order valence-corrected chi connectivity index (χ1v) is 9.78. The molecule has 0 bridgehead atoms. The average Bonchev–Trinajstić information content (AvgIpc) is 3.13. The summed E-state index contributed by atoms with van der Waals surface area (Å²) in [5, 5.41) is 13.1. The number of rotatable bonds is 7. The van der Waals surface area contributed by atoms with Gasteiger partial charge in [-0.2, -0.15) is 10.4 Å². The Bertz CT molecular complexity index is 949. The van der Waals surface area contributed by atoms with E-state index in [1.165, 1.54) is 6.21 Å². The number of hydrogen-bond donors (Lipinski definition) is 1. The van der Waals surface area contributed by atoms with Gasteiger partial charge in [0.05, 0.1) is 42.0 Å². The summed E-state index contributed by atoms with van der Waals surface area (Å²) in [6.45, 7) is 2.98. The van der Waals surface area contributed by atoms with Gasteiger partial charge in [0.15, 0.2) is 5.79 Å². The Labute approximate surface area is 177 Å². The normalized spacial score (nSPS) is 15.2. The second kappa shape index (κ2) is 9.65. The quantitative estimate of drug-likeness (QED) is 0.507. The summed E-state index contributed by atoms with van der Waals surface area (Å²) < 4.78 is 17.3. The Hall–Kier alpha value is -2.73. The first-order chi connectivity index (χ1) is 14.0. The van der Waals surface area contributed by atoms with Gasteiger partial charge in [-0.05, 0) is 52.7 Å². The van der Waals surface area contributed by atoms with Crippen LogP contribution in [0.3, 0.4) is 0 Å². The van der Waals surface area contributed by atoms with Crippen molar-refractivity contribution in [2.75, 3.05) is 13.2 Å². The lowest BCUT2D eigenvalue weighted by Gasteiger charge is -2.20. The molecule has 2 aromatic carbocycles. The molecule has 0 unspecified atom stereocenters.